The Labute approximate surface area is 147 Å². The molecule has 1 fully saturated rings. The average molecular weight is 380 g/mol. The Morgan fingerprint density at radius 2 is 2.12 bits per heavy atom. The first-order chi connectivity index (χ1) is 11.6. The van der Waals surface area contributed by atoms with Crippen LogP contribution < -0.4 is 10.5 Å². The third-order valence-corrected chi connectivity index (χ3v) is 4.24. The van der Waals surface area contributed by atoms with Gasteiger partial charge in [0.05, 0.1) is 11.5 Å². The van der Waals surface area contributed by atoms with Crippen molar-refractivity contribution in [2.75, 3.05) is 13.2 Å². The number of amides is 2. The molecule has 2 heterocycles. The van der Waals surface area contributed by atoms with Crippen LogP contribution in [0.3, 0.4) is 0 Å². The SMILES string of the molecule is C[C@H]1CC[C@H](C(N)=O)CN1C(=O)c1cnc(OCC(F)(F)F)c(Cl)c1. The second-order valence-corrected chi connectivity index (χ2v) is 6.31. The number of alkyl halides is 3. The van der Waals surface area contributed by atoms with E-state index in [9.17, 15) is 22.8 Å². The van der Waals surface area contributed by atoms with Gasteiger partial charge in [-0.3, -0.25) is 9.59 Å². The highest BCUT2D eigenvalue weighted by Gasteiger charge is 2.33. The topological polar surface area (TPSA) is 85.5 Å². The van der Waals surface area contributed by atoms with Crippen molar-refractivity contribution in [2.45, 2.75) is 32.0 Å². The fourth-order valence-corrected chi connectivity index (χ4v) is 2.81. The Balaban J connectivity index is 2.13. The van der Waals surface area contributed by atoms with E-state index in [1.54, 1.807) is 0 Å². The quantitative estimate of drug-likeness (QED) is 0.870. The van der Waals surface area contributed by atoms with Gasteiger partial charge in [0.1, 0.15) is 5.02 Å². The summed E-state index contributed by atoms with van der Waals surface area (Å²) in [5.74, 6) is -1.73. The van der Waals surface area contributed by atoms with Crippen molar-refractivity contribution in [3.05, 3.63) is 22.8 Å². The highest BCUT2D eigenvalue weighted by molar-refractivity contribution is 6.32. The summed E-state index contributed by atoms with van der Waals surface area (Å²) in [6.07, 6.45) is -2.20. The van der Waals surface area contributed by atoms with E-state index < -0.39 is 36.4 Å². The van der Waals surface area contributed by atoms with E-state index in [1.165, 1.54) is 11.0 Å². The monoisotopic (exact) mass is 379 g/mol. The van der Waals surface area contributed by atoms with E-state index in [4.69, 9.17) is 17.3 Å². The molecule has 1 aromatic rings. The summed E-state index contributed by atoms with van der Waals surface area (Å²) in [6.45, 7) is 0.487. The van der Waals surface area contributed by atoms with Crippen LogP contribution >= 0.6 is 11.6 Å². The third kappa shape index (κ3) is 4.97. The Hall–Kier alpha value is -2.03. The van der Waals surface area contributed by atoms with Gasteiger partial charge in [0.15, 0.2) is 6.61 Å². The fraction of sp³-hybridized carbons (Fsp3) is 0.533. The molecule has 2 rings (SSSR count). The van der Waals surface area contributed by atoms with Gasteiger partial charge in [-0.15, -0.1) is 0 Å². The highest BCUT2D eigenvalue weighted by atomic mass is 35.5. The lowest BCUT2D eigenvalue weighted by atomic mass is 9.92. The number of primary amides is 1. The van der Waals surface area contributed by atoms with Crippen LogP contribution in [-0.4, -0.2) is 47.1 Å². The predicted octanol–water partition coefficient (Wildman–Crippen LogP) is 2.40. The molecule has 0 spiro atoms. The summed E-state index contributed by atoms with van der Waals surface area (Å²) >= 11 is 5.86. The molecule has 138 valence electrons. The normalized spacial score (nSPS) is 21.1. The Morgan fingerprint density at radius 3 is 2.68 bits per heavy atom. The van der Waals surface area contributed by atoms with Crippen LogP contribution in [0.4, 0.5) is 13.2 Å². The van der Waals surface area contributed by atoms with Crippen LogP contribution in [0.15, 0.2) is 12.3 Å². The molecule has 10 heteroatoms. The van der Waals surface area contributed by atoms with E-state index in [0.29, 0.717) is 12.8 Å². The van der Waals surface area contributed by atoms with Crippen molar-refractivity contribution in [3.8, 4) is 5.88 Å². The van der Waals surface area contributed by atoms with Crippen molar-refractivity contribution < 1.29 is 27.5 Å². The first kappa shape index (κ1) is 19.3. The number of aromatic nitrogens is 1. The zero-order valence-electron chi connectivity index (χ0n) is 13.3. The van der Waals surface area contributed by atoms with Crippen molar-refractivity contribution in [1.82, 2.24) is 9.88 Å². The molecule has 2 amide bonds. The van der Waals surface area contributed by atoms with Gasteiger partial charge in [-0.25, -0.2) is 4.98 Å². The molecule has 0 unspecified atom stereocenters. The molecule has 0 radical (unpaired) electrons. The maximum absolute atomic E-state index is 12.6. The minimum absolute atomic E-state index is 0.0985. The second-order valence-electron chi connectivity index (χ2n) is 5.90. The molecule has 1 aliphatic heterocycles. The summed E-state index contributed by atoms with van der Waals surface area (Å²) < 4.78 is 41.0. The summed E-state index contributed by atoms with van der Waals surface area (Å²) in [5, 5.41) is -0.203. The lowest BCUT2D eigenvalue weighted by molar-refractivity contribution is -0.154. The molecule has 0 saturated carbocycles. The number of piperidine rings is 1. The molecule has 0 aliphatic carbocycles. The first-order valence-electron chi connectivity index (χ1n) is 7.54. The summed E-state index contributed by atoms with van der Waals surface area (Å²) in [6, 6.07) is 1.09. The number of carbonyl (C=O) groups is 2. The van der Waals surface area contributed by atoms with Gasteiger partial charge in [0, 0.05) is 18.8 Å². The fourth-order valence-electron chi connectivity index (χ4n) is 2.59. The average Bonchev–Trinajstić information content (AvgIpc) is 2.52. The van der Waals surface area contributed by atoms with Crippen LogP contribution in [0, 0.1) is 5.92 Å². The first-order valence-corrected chi connectivity index (χ1v) is 7.91. The van der Waals surface area contributed by atoms with E-state index in [-0.39, 0.29) is 23.2 Å². The molecule has 2 atom stereocenters. The highest BCUT2D eigenvalue weighted by Crippen LogP contribution is 2.28. The van der Waals surface area contributed by atoms with Gasteiger partial charge in [0.2, 0.25) is 11.8 Å². The molecule has 25 heavy (non-hydrogen) atoms. The number of nitrogens with zero attached hydrogens (tertiary/aromatic N) is 2. The number of likely N-dealkylation sites (tertiary alicyclic amines) is 1. The van der Waals surface area contributed by atoms with Gasteiger partial charge in [-0.2, -0.15) is 13.2 Å². The molecular weight excluding hydrogens is 363 g/mol. The molecule has 0 aromatic carbocycles. The van der Waals surface area contributed by atoms with Gasteiger partial charge in [-0.05, 0) is 25.8 Å². The van der Waals surface area contributed by atoms with Gasteiger partial charge in [0.25, 0.3) is 5.91 Å². The Kier molecular flexibility index (Phi) is 5.76. The lowest BCUT2D eigenvalue weighted by Gasteiger charge is -2.36. The van der Waals surface area contributed by atoms with Crippen LogP contribution in [0.5, 0.6) is 5.88 Å². The predicted molar refractivity (Wildman–Crippen MR) is 83.2 cm³/mol. The summed E-state index contributed by atoms with van der Waals surface area (Å²) in [4.78, 5) is 29.1. The van der Waals surface area contributed by atoms with Crippen LogP contribution in [0.25, 0.3) is 0 Å². The van der Waals surface area contributed by atoms with Crippen LogP contribution in [0.2, 0.25) is 5.02 Å². The van der Waals surface area contributed by atoms with Gasteiger partial charge >= 0.3 is 6.18 Å². The molecule has 1 aliphatic rings. The van der Waals surface area contributed by atoms with Crippen molar-refractivity contribution >= 4 is 23.4 Å². The number of rotatable bonds is 4. The van der Waals surface area contributed by atoms with Crippen molar-refractivity contribution in [3.63, 3.8) is 0 Å². The van der Waals surface area contributed by atoms with Crippen LogP contribution in [-0.2, 0) is 4.79 Å². The second kappa shape index (κ2) is 7.47. The third-order valence-electron chi connectivity index (χ3n) is 3.97. The van der Waals surface area contributed by atoms with E-state index in [0.717, 1.165) is 6.20 Å². The smallest absolute Gasteiger partial charge is 0.422 e. The molecule has 1 aromatic heterocycles. The Bertz CT molecular complexity index is 669. The van der Waals surface area contributed by atoms with Crippen molar-refractivity contribution in [2.24, 2.45) is 11.7 Å². The molecule has 1 saturated heterocycles. The molecular formula is C15H17ClF3N3O3. The van der Waals surface area contributed by atoms with Gasteiger partial charge < -0.3 is 15.4 Å². The number of nitrogens with two attached hydrogens (primary N) is 1. The maximum Gasteiger partial charge on any atom is 0.422 e. The number of hydrogen-bond acceptors (Lipinski definition) is 4. The lowest BCUT2D eigenvalue weighted by Crippen LogP contribution is -2.48. The zero-order valence-corrected chi connectivity index (χ0v) is 14.1. The molecule has 2 N–H and O–H groups in total. The maximum atomic E-state index is 12.6. The summed E-state index contributed by atoms with van der Waals surface area (Å²) in [5.41, 5.74) is 5.41. The van der Waals surface area contributed by atoms with E-state index in [2.05, 4.69) is 9.72 Å². The van der Waals surface area contributed by atoms with Gasteiger partial charge in [-0.1, -0.05) is 11.6 Å². The Morgan fingerprint density at radius 1 is 1.44 bits per heavy atom. The number of carbonyl (C=O) groups excluding carboxylic acids is 2. The number of pyridine rings is 1. The minimum Gasteiger partial charge on any atom is -0.467 e. The van der Waals surface area contributed by atoms with E-state index >= 15 is 0 Å². The molecule has 6 nitrogen and oxygen atoms in total. The number of ether oxygens (including phenoxy) is 1. The van der Waals surface area contributed by atoms with Crippen molar-refractivity contribution in [1.29, 1.82) is 0 Å². The summed E-state index contributed by atoms with van der Waals surface area (Å²) in [7, 11) is 0. The number of hydrogen-bond donors (Lipinski definition) is 1. The largest absolute Gasteiger partial charge is 0.467 e. The zero-order chi connectivity index (χ0) is 18.8. The molecule has 0 bridgehead atoms. The standard InChI is InChI=1S/C15H17ClF3N3O3/c1-8-2-3-9(12(20)23)6-22(8)14(24)10-4-11(16)13(21-5-10)25-7-15(17,18)19/h4-5,8-9H,2-3,6-7H2,1H3,(H2,20,23)/t8-,9-/m0/s1. The van der Waals surface area contributed by atoms with E-state index in [1.807, 2.05) is 6.92 Å². The number of halogens is 4. The minimum atomic E-state index is -4.52. The van der Waals surface area contributed by atoms with Crippen LogP contribution in [0.1, 0.15) is 30.1 Å².